The molecular formula is C8H59P9U20. The molecule has 0 saturated heterocycles. The first-order valence-electron chi connectivity index (χ1n) is 0. The van der Waals surface area contributed by atoms with Crippen LogP contribution in [0.3, 0.4) is 0 Å². The van der Waals surface area contributed by atoms with Crippen LogP contribution in [0.25, 0.3) is 0 Å². The monoisotopic (exact) mass is 5200 g/mol. The maximum Gasteiger partial charge on any atom is 0 e. The third-order valence-electron chi connectivity index (χ3n) is 0. The van der Waals surface area contributed by atoms with Crippen LogP contribution < -0.4 is 0 Å². The minimum absolute atomic E-state index is 0. The molecule has 0 aromatic rings. The minimum atomic E-state index is 0. The van der Waals surface area contributed by atoms with E-state index in [1.165, 1.54) is 0 Å². The zero-order chi connectivity index (χ0) is 0. The van der Waals surface area contributed by atoms with Gasteiger partial charge in [-0.3, -0.25) is 0 Å². The van der Waals surface area contributed by atoms with Gasteiger partial charge in [0.25, 0.3) is 0 Å². The van der Waals surface area contributed by atoms with Crippen molar-refractivity contribution in [1.29, 1.82) is 0 Å². The van der Waals surface area contributed by atoms with Crippen LogP contribution in [0.5, 0.6) is 0 Å². The van der Waals surface area contributed by atoms with Crippen molar-refractivity contribution in [3.63, 3.8) is 0 Å². The van der Waals surface area contributed by atoms with Gasteiger partial charge in [-0.25, -0.2) is 0 Å². The fraction of sp³-hybridized carbons (Fsp3) is 1.00. The summed E-state index contributed by atoms with van der Waals surface area (Å²) in [5.41, 5.74) is 0. The second kappa shape index (κ2) is 352. The Bertz CT molecular complexity index is 53.8. The molecule has 29 heteroatoms. The fourth-order valence-electron chi connectivity index (χ4n) is 0. The van der Waals surface area contributed by atoms with Crippen LogP contribution in [-0.4, -0.2) is 0 Å². The Morgan fingerprint density at radius 2 is 0.0811 bits per heavy atom. The number of rotatable bonds is 0. The summed E-state index contributed by atoms with van der Waals surface area (Å²) in [4.78, 5) is 0. The van der Waals surface area contributed by atoms with Gasteiger partial charge in [0.05, 0.1) is 0 Å². The Hall–Kier alpha value is 24.9. The molecule has 0 aliphatic rings. The Morgan fingerprint density at radius 1 is 0.0811 bits per heavy atom. The van der Waals surface area contributed by atoms with E-state index in [1.807, 2.05) is 0 Å². The van der Waals surface area contributed by atoms with Gasteiger partial charge in [0, 0.05) is 622 Å². The second-order valence-corrected chi connectivity index (χ2v) is 0. The van der Waals surface area contributed by atoms with Gasteiger partial charge < -0.3 is 0 Å². The fourth-order valence-corrected chi connectivity index (χ4v) is 0. The van der Waals surface area contributed by atoms with Gasteiger partial charge in [-0.2, -0.15) is 89.1 Å². The van der Waals surface area contributed by atoms with E-state index in [0.29, 0.717) is 0 Å². The largest absolute Gasteiger partial charge is 0.153 e. The predicted octanol–water partition coefficient (Wildman–Crippen LogP) is 5.61. The van der Waals surface area contributed by atoms with Crippen molar-refractivity contribution < 1.29 is 622 Å². The third kappa shape index (κ3) is 341. The smallest absolute Gasteiger partial charge is 0 e. The Balaban J connectivity index is 0. The van der Waals surface area contributed by atoms with E-state index < -0.39 is 0 Å². The van der Waals surface area contributed by atoms with Crippen molar-refractivity contribution in [3.05, 3.63) is 0 Å². The normalized spacial score (nSPS) is 0. The first kappa shape index (κ1) is 370. The van der Waals surface area contributed by atoms with Crippen LogP contribution >= 0.6 is 89.1 Å². The van der Waals surface area contributed by atoms with Crippen molar-refractivity contribution >= 4 is 89.1 Å². The Labute approximate surface area is 746 Å². The van der Waals surface area contributed by atoms with Crippen LogP contribution in [0.1, 0.15) is 59.4 Å². The van der Waals surface area contributed by atoms with Crippen LogP contribution in [-0.2, 0) is 0 Å². The molecule has 37 heavy (non-hydrogen) atoms. The topological polar surface area (TPSA) is 0 Å². The first-order chi connectivity index (χ1) is 0. The van der Waals surface area contributed by atoms with Gasteiger partial charge in [0.1, 0.15) is 0 Å². The molecule has 0 heterocycles. The summed E-state index contributed by atoms with van der Waals surface area (Å²) in [5.74, 6) is 0. The molecule has 9 unspecified atom stereocenters. The molecule has 0 aliphatic heterocycles. The van der Waals surface area contributed by atoms with Crippen molar-refractivity contribution in [1.82, 2.24) is 0 Å². The summed E-state index contributed by atoms with van der Waals surface area (Å²) in [6.45, 7) is 0. The molecule has 0 amide bonds. The average molecular weight is 5190 g/mol. The summed E-state index contributed by atoms with van der Waals surface area (Å²) < 4.78 is 0. The van der Waals surface area contributed by atoms with Gasteiger partial charge in [0.2, 0.25) is 0 Å². The van der Waals surface area contributed by atoms with Gasteiger partial charge in [-0.1, -0.05) is 59.4 Å². The van der Waals surface area contributed by atoms with Crippen molar-refractivity contribution in [3.8, 4) is 0 Å². The van der Waals surface area contributed by atoms with E-state index in [1.54, 1.807) is 0 Å². The Kier molecular flexibility index (Phi) is 3520. The molecule has 0 aliphatic carbocycles. The summed E-state index contributed by atoms with van der Waals surface area (Å²) >= 11 is 0. The van der Waals surface area contributed by atoms with E-state index >= 15 is 0 Å². The molecule has 0 aromatic heterocycles. The van der Waals surface area contributed by atoms with Crippen LogP contribution in [0, 0.1) is 622 Å². The molecule has 0 radical (unpaired) electrons. The van der Waals surface area contributed by atoms with Gasteiger partial charge >= 0.3 is 0 Å². The molecule has 0 aromatic carbocycles. The predicted molar refractivity (Wildman–Crippen MR) is 154 cm³/mol. The standard InChI is InChI=1S/8CH4.9H3P.20U/h8*1H4;9*1H3;;;;;;;;;;;;;;;;;;;;. The maximum atomic E-state index is 0. The Morgan fingerprint density at radius 3 is 0.0811 bits per heavy atom. The molecule has 0 N–H and O–H groups in total. The summed E-state index contributed by atoms with van der Waals surface area (Å²) in [5, 5.41) is 0. The van der Waals surface area contributed by atoms with E-state index in [9.17, 15) is 0 Å². The molecular weight excluding hydrogens is 5140 g/mol. The SMILES string of the molecule is C.C.C.C.C.C.C.C.P.P.P.P.P.P.P.P.P.[U].[U].[U].[U].[U].[U].[U].[U].[U].[U].[U].[U].[U].[U].[U].[U].[U].[U].[U].[U]. The van der Waals surface area contributed by atoms with Gasteiger partial charge in [-0.15, -0.1) is 0 Å². The molecule has 0 spiro atoms. The molecule has 0 nitrogen and oxygen atoms in total. The van der Waals surface area contributed by atoms with E-state index in [-0.39, 0.29) is 771 Å². The molecule has 0 fully saturated rings. The van der Waals surface area contributed by atoms with Crippen LogP contribution in [0.4, 0.5) is 0 Å². The molecule has 216 valence electrons. The molecule has 0 bridgehead atoms. The van der Waals surface area contributed by atoms with Crippen molar-refractivity contribution in [2.45, 2.75) is 59.4 Å². The summed E-state index contributed by atoms with van der Waals surface area (Å²) in [7, 11) is 0. The average Bonchev–Trinajstić information content (AvgIpc) is 0. The van der Waals surface area contributed by atoms with Crippen molar-refractivity contribution in [2.24, 2.45) is 0 Å². The van der Waals surface area contributed by atoms with E-state index in [2.05, 4.69) is 0 Å². The molecule has 9 atom stereocenters. The van der Waals surface area contributed by atoms with Crippen LogP contribution in [0.15, 0.2) is 0 Å². The molecule has 0 saturated carbocycles. The zero-order valence-corrected chi connectivity index (χ0v) is 112. The summed E-state index contributed by atoms with van der Waals surface area (Å²) in [6.07, 6.45) is 0. The van der Waals surface area contributed by atoms with E-state index in [4.69, 9.17) is 0 Å². The summed E-state index contributed by atoms with van der Waals surface area (Å²) in [6, 6.07) is 0. The minimum Gasteiger partial charge on any atom is -0.153 e. The third-order valence-corrected chi connectivity index (χ3v) is 0. The number of hydrogen-bond donors (Lipinski definition) is 0. The van der Waals surface area contributed by atoms with Gasteiger partial charge in [0.15, 0.2) is 0 Å². The first-order valence-corrected chi connectivity index (χ1v) is 0. The zero-order valence-electron chi connectivity index (χ0n) is 16.4. The molecule has 0 rings (SSSR count). The quantitative estimate of drug-likeness (QED) is 0.277. The maximum absolute atomic E-state index is 0. The van der Waals surface area contributed by atoms with Gasteiger partial charge in [-0.05, 0) is 0 Å². The second-order valence-electron chi connectivity index (χ2n) is 0. The number of hydrogen-bond acceptors (Lipinski definition) is 0. The van der Waals surface area contributed by atoms with Crippen LogP contribution in [0.2, 0.25) is 0 Å². The van der Waals surface area contributed by atoms with Crippen molar-refractivity contribution in [2.75, 3.05) is 0 Å². The van der Waals surface area contributed by atoms with E-state index in [0.717, 1.165) is 0 Å².